The van der Waals surface area contributed by atoms with E-state index in [1.807, 2.05) is 0 Å². The van der Waals surface area contributed by atoms with Crippen LogP contribution in [0.3, 0.4) is 0 Å². The first-order valence-electron chi connectivity index (χ1n) is 8.13. The van der Waals surface area contributed by atoms with Crippen molar-refractivity contribution in [3.8, 4) is 5.75 Å². The van der Waals surface area contributed by atoms with Crippen LogP contribution in [0.5, 0.6) is 5.75 Å². The molecule has 0 spiro atoms. The van der Waals surface area contributed by atoms with E-state index >= 15 is 0 Å². The van der Waals surface area contributed by atoms with E-state index in [9.17, 15) is 26.4 Å². The molecule has 0 fully saturated rings. The van der Waals surface area contributed by atoms with Crippen LogP contribution in [-0.2, 0) is 19.6 Å². The minimum atomic E-state index is -5.09. The minimum absolute atomic E-state index is 0.195. The van der Waals surface area contributed by atoms with Gasteiger partial charge in [-0.25, -0.2) is 8.42 Å². The van der Waals surface area contributed by atoms with Crippen LogP contribution in [0, 0.1) is 0 Å². The van der Waals surface area contributed by atoms with E-state index < -0.39 is 50.7 Å². The van der Waals surface area contributed by atoms with Gasteiger partial charge in [0.25, 0.3) is 0 Å². The second-order valence-corrected chi connectivity index (χ2v) is 10.7. The lowest BCUT2D eigenvalue weighted by Gasteiger charge is -2.34. The lowest BCUT2D eigenvalue weighted by Crippen LogP contribution is -2.49. The highest BCUT2D eigenvalue weighted by atomic mass is 79.9. The smallest absolute Gasteiger partial charge is 0.459 e. The predicted octanol–water partition coefficient (Wildman–Crippen LogP) is 4.48. The third kappa shape index (κ3) is 7.25. The first-order chi connectivity index (χ1) is 12.3. The number of halogens is 4. The summed E-state index contributed by atoms with van der Waals surface area (Å²) < 4.78 is 74.6. The van der Waals surface area contributed by atoms with Crippen molar-refractivity contribution < 1.29 is 35.9 Å². The number of rotatable bonds is 5. The number of alkyl halides is 3. The van der Waals surface area contributed by atoms with E-state index in [4.69, 9.17) is 4.74 Å². The second-order valence-electron chi connectivity index (χ2n) is 7.91. The maximum atomic E-state index is 13.2. The van der Waals surface area contributed by atoms with Gasteiger partial charge in [0.05, 0.1) is 0 Å². The molecule has 0 atom stereocenters. The molecule has 0 N–H and O–H groups in total. The van der Waals surface area contributed by atoms with Gasteiger partial charge >= 0.3 is 12.3 Å². The van der Waals surface area contributed by atoms with Crippen LogP contribution < -0.4 is 4.74 Å². The molecule has 0 bridgehead atoms. The van der Waals surface area contributed by atoms with Crippen LogP contribution in [0.15, 0.2) is 27.6 Å². The number of sulfonamides is 1. The van der Waals surface area contributed by atoms with Crippen molar-refractivity contribution >= 4 is 31.9 Å². The van der Waals surface area contributed by atoms with E-state index in [0.29, 0.717) is 0 Å². The Balaban J connectivity index is 3.45. The predicted molar refractivity (Wildman–Crippen MR) is 100 cm³/mol. The molecule has 11 heteroatoms. The fraction of sp³-hybridized carbons (Fsp3) is 0.588. The van der Waals surface area contributed by atoms with Gasteiger partial charge in [-0.15, -0.1) is 13.2 Å². The summed E-state index contributed by atoms with van der Waals surface area (Å²) in [4.78, 5) is 11.5. The van der Waals surface area contributed by atoms with Crippen molar-refractivity contribution in [1.82, 2.24) is 4.31 Å². The molecule has 0 unspecified atom stereocenters. The maximum Gasteiger partial charge on any atom is 0.573 e. The molecule has 0 saturated heterocycles. The van der Waals surface area contributed by atoms with E-state index in [-0.39, 0.29) is 4.47 Å². The van der Waals surface area contributed by atoms with Crippen LogP contribution in [0.1, 0.15) is 41.5 Å². The zero-order valence-corrected chi connectivity index (χ0v) is 18.8. The number of carbonyl (C=O) groups excluding carboxylic acids is 1. The van der Waals surface area contributed by atoms with Crippen molar-refractivity contribution in [3.05, 3.63) is 22.7 Å². The molecule has 0 aromatic heterocycles. The number of carbonyl (C=O) groups is 1. The van der Waals surface area contributed by atoms with Gasteiger partial charge in [-0.2, -0.15) is 4.31 Å². The van der Waals surface area contributed by atoms with Crippen LogP contribution in [0.2, 0.25) is 0 Å². The molecular formula is C17H23BrF3NO5S. The Kier molecular flexibility index (Phi) is 7.23. The zero-order valence-electron chi connectivity index (χ0n) is 16.3. The summed E-state index contributed by atoms with van der Waals surface area (Å²) in [6, 6.07) is 3.15. The standard InChI is InChI=1S/C17H23BrF3NO5S/c1-15(2,3)22(10-14(23)27-16(4,5)6)28(24,25)13-8-7-11(18)9-12(13)26-17(19,20)21/h7-9H,10H2,1-6H3. The molecule has 6 nitrogen and oxygen atoms in total. The van der Waals surface area contributed by atoms with Crippen LogP contribution in [0.4, 0.5) is 13.2 Å². The van der Waals surface area contributed by atoms with Crippen molar-refractivity contribution in [1.29, 1.82) is 0 Å². The Morgan fingerprint density at radius 2 is 1.64 bits per heavy atom. The maximum absolute atomic E-state index is 13.2. The summed E-state index contributed by atoms with van der Waals surface area (Å²) >= 11 is 2.99. The Hall–Kier alpha value is -1.33. The van der Waals surface area contributed by atoms with E-state index in [0.717, 1.165) is 16.4 Å². The fourth-order valence-electron chi connectivity index (χ4n) is 2.19. The monoisotopic (exact) mass is 489 g/mol. The largest absolute Gasteiger partial charge is 0.573 e. The van der Waals surface area contributed by atoms with Crippen molar-refractivity contribution in [2.75, 3.05) is 6.54 Å². The molecule has 0 heterocycles. The summed E-state index contributed by atoms with van der Waals surface area (Å²) in [6.45, 7) is 8.71. The van der Waals surface area contributed by atoms with Crippen LogP contribution in [0.25, 0.3) is 0 Å². The summed E-state index contributed by atoms with van der Waals surface area (Å²) in [7, 11) is -4.54. The molecule has 0 aliphatic carbocycles. The second kappa shape index (κ2) is 8.19. The molecule has 0 saturated carbocycles. The summed E-state index contributed by atoms with van der Waals surface area (Å²) in [5.41, 5.74) is -1.98. The molecule has 0 aliphatic rings. The van der Waals surface area contributed by atoms with Crippen LogP contribution in [-0.4, -0.2) is 42.7 Å². The van der Waals surface area contributed by atoms with Crippen molar-refractivity contribution in [2.45, 2.75) is 63.9 Å². The van der Waals surface area contributed by atoms with Gasteiger partial charge in [0, 0.05) is 10.0 Å². The Morgan fingerprint density at radius 1 is 1.11 bits per heavy atom. The van der Waals surface area contributed by atoms with E-state index in [1.54, 1.807) is 20.8 Å². The summed E-state index contributed by atoms with van der Waals surface area (Å²) in [5, 5.41) is 0. The third-order valence-corrected chi connectivity index (χ3v) is 5.78. The van der Waals surface area contributed by atoms with Gasteiger partial charge in [-0.3, -0.25) is 4.79 Å². The lowest BCUT2D eigenvalue weighted by molar-refractivity contribution is -0.275. The van der Waals surface area contributed by atoms with Gasteiger partial charge in [0.1, 0.15) is 17.0 Å². The average molecular weight is 490 g/mol. The van der Waals surface area contributed by atoms with E-state index in [1.165, 1.54) is 26.8 Å². The number of benzene rings is 1. The highest BCUT2D eigenvalue weighted by molar-refractivity contribution is 9.10. The quantitative estimate of drug-likeness (QED) is 0.570. The summed E-state index contributed by atoms with van der Waals surface area (Å²) in [6.07, 6.45) is -5.09. The molecule has 28 heavy (non-hydrogen) atoms. The molecular weight excluding hydrogens is 467 g/mol. The number of nitrogens with zero attached hydrogens (tertiary/aromatic N) is 1. The van der Waals surface area contributed by atoms with Gasteiger partial charge in [0.2, 0.25) is 10.0 Å². The van der Waals surface area contributed by atoms with Crippen LogP contribution >= 0.6 is 15.9 Å². The zero-order chi connectivity index (χ0) is 22.1. The molecule has 0 aliphatic heterocycles. The fourth-order valence-corrected chi connectivity index (χ4v) is 4.36. The SMILES string of the molecule is CC(C)(C)OC(=O)CN(C(C)(C)C)S(=O)(=O)c1ccc(Br)cc1OC(F)(F)F. The molecule has 0 radical (unpaired) electrons. The van der Waals surface area contributed by atoms with Crippen molar-refractivity contribution in [2.24, 2.45) is 0 Å². The first-order valence-corrected chi connectivity index (χ1v) is 10.4. The van der Waals surface area contributed by atoms with Gasteiger partial charge in [-0.1, -0.05) is 15.9 Å². The molecule has 0 amide bonds. The van der Waals surface area contributed by atoms with Gasteiger partial charge in [-0.05, 0) is 59.7 Å². The number of hydrogen-bond donors (Lipinski definition) is 0. The van der Waals surface area contributed by atoms with Gasteiger partial charge in [0.15, 0.2) is 5.75 Å². The van der Waals surface area contributed by atoms with Crippen molar-refractivity contribution in [3.63, 3.8) is 0 Å². The average Bonchev–Trinajstić information content (AvgIpc) is 2.39. The Bertz CT molecular complexity index is 827. The molecule has 160 valence electrons. The van der Waals surface area contributed by atoms with Gasteiger partial charge < -0.3 is 9.47 Å². The Labute approximate surface area is 171 Å². The summed E-state index contributed by atoms with van der Waals surface area (Å²) in [5.74, 6) is -1.73. The van der Waals surface area contributed by atoms with E-state index in [2.05, 4.69) is 20.7 Å². The first kappa shape index (κ1) is 24.7. The number of esters is 1. The topological polar surface area (TPSA) is 72.9 Å². The highest BCUT2D eigenvalue weighted by Crippen LogP contribution is 2.35. The Morgan fingerprint density at radius 3 is 2.07 bits per heavy atom. The molecule has 1 aromatic rings. The molecule has 1 rings (SSSR count). The third-order valence-electron chi connectivity index (χ3n) is 3.14. The minimum Gasteiger partial charge on any atom is -0.459 e. The normalized spacial score (nSPS) is 13.5. The molecule has 1 aromatic carbocycles. The lowest BCUT2D eigenvalue weighted by atomic mass is 10.1. The number of ether oxygens (including phenoxy) is 2. The number of hydrogen-bond acceptors (Lipinski definition) is 5. The highest BCUT2D eigenvalue weighted by Gasteiger charge is 2.40.